The van der Waals surface area contributed by atoms with Crippen molar-refractivity contribution in [3.8, 4) is 11.3 Å². The second kappa shape index (κ2) is 4.77. The number of carboxylic acid groups (broad SMARTS) is 1. The molecule has 0 amide bonds. The van der Waals surface area contributed by atoms with E-state index in [9.17, 15) is 9.18 Å². The van der Waals surface area contributed by atoms with Crippen LogP contribution in [0.2, 0.25) is 0 Å². The minimum Gasteiger partial charge on any atom is -0.481 e. The number of aliphatic carboxylic acids is 1. The second-order valence-corrected chi connectivity index (χ2v) is 4.39. The molecule has 1 N–H and O–H groups in total. The predicted octanol–water partition coefficient (Wildman–Crippen LogP) is 2.77. The van der Waals surface area contributed by atoms with Gasteiger partial charge in [-0.1, -0.05) is 30.3 Å². The Bertz CT molecular complexity index is 781. The first kappa shape index (κ1) is 12.3. The molecule has 0 saturated carbocycles. The molecule has 0 aliphatic carbocycles. The summed E-state index contributed by atoms with van der Waals surface area (Å²) in [5, 5.41) is 9.05. The highest BCUT2D eigenvalue weighted by Crippen LogP contribution is 2.25. The van der Waals surface area contributed by atoms with Gasteiger partial charge in [-0.15, -0.1) is 0 Å². The molecule has 0 atom stereocenters. The van der Waals surface area contributed by atoms with Crippen LogP contribution in [0.15, 0.2) is 48.7 Å². The lowest BCUT2D eigenvalue weighted by Gasteiger charge is -2.02. The average molecular weight is 270 g/mol. The monoisotopic (exact) mass is 270 g/mol. The van der Waals surface area contributed by atoms with Crippen molar-refractivity contribution in [2.75, 3.05) is 0 Å². The normalized spacial score (nSPS) is 10.8. The predicted molar refractivity (Wildman–Crippen MR) is 71.9 cm³/mol. The first-order valence-electron chi connectivity index (χ1n) is 6.09. The number of rotatable bonds is 3. The lowest BCUT2D eigenvalue weighted by atomic mass is 10.1. The first-order valence-corrected chi connectivity index (χ1v) is 6.09. The zero-order valence-corrected chi connectivity index (χ0v) is 10.5. The van der Waals surface area contributed by atoms with Crippen molar-refractivity contribution in [2.24, 2.45) is 0 Å². The van der Waals surface area contributed by atoms with Crippen LogP contribution in [0.5, 0.6) is 0 Å². The van der Waals surface area contributed by atoms with Crippen LogP contribution in [0, 0.1) is 5.82 Å². The highest BCUT2D eigenvalue weighted by Gasteiger charge is 2.18. The van der Waals surface area contributed by atoms with Gasteiger partial charge in [0.1, 0.15) is 0 Å². The molecule has 2 aromatic heterocycles. The van der Waals surface area contributed by atoms with Crippen LogP contribution in [-0.2, 0) is 11.2 Å². The molecule has 0 unspecified atom stereocenters. The third-order valence-electron chi connectivity index (χ3n) is 3.07. The van der Waals surface area contributed by atoms with Gasteiger partial charge in [0.05, 0.1) is 17.8 Å². The summed E-state index contributed by atoms with van der Waals surface area (Å²) in [5.41, 5.74) is 1.88. The number of benzene rings is 1. The van der Waals surface area contributed by atoms with Crippen LogP contribution in [0.25, 0.3) is 16.9 Å². The van der Waals surface area contributed by atoms with Crippen LogP contribution in [0.1, 0.15) is 5.69 Å². The van der Waals surface area contributed by atoms with E-state index < -0.39 is 11.8 Å². The quantitative estimate of drug-likeness (QED) is 0.796. The number of nitrogens with zero attached hydrogens (tertiary/aromatic N) is 2. The Morgan fingerprint density at radius 2 is 1.95 bits per heavy atom. The van der Waals surface area contributed by atoms with Gasteiger partial charge in [-0.2, -0.15) is 0 Å². The topological polar surface area (TPSA) is 54.6 Å². The second-order valence-electron chi connectivity index (χ2n) is 4.39. The molecule has 5 heteroatoms. The van der Waals surface area contributed by atoms with Crippen LogP contribution in [-0.4, -0.2) is 20.5 Å². The molecule has 0 radical (unpaired) electrons. The van der Waals surface area contributed by atoms with Crippen LogP contribution in [0.3, 0.4) is 0 Å². The summed E-state index contributed by atoms with van der Waals surface area (Å²) in [6.07, 6.45) is 1.41. The number of pyridine rings is 1. The molecule has 0 aliphatic rings. The van der Waals surface area contributed by atoms with Crippen molar-refractivity contribution < 1.29 is 14.3 Å². The van der Waals surface area contributed by atoms with E-state index >= 15 is 0 Å². The van der Waals surface area contributed by atoms with Gasteiger partial charge < -0.3 is 9.51 Å². The van der Waals surface area contributed by atoms with Gasteiger partial charge in [-0.25, -0.2) is 9.37 Å². The number of hydrogen-bond donors (Lipinski definition) is 1. The highest BCUT2D eigenvalue weighted by molar-refractivity contribution is 5.76. The van der Waals surface area contributed by atoms with Crippen molar-refractivity contribution >= 4 is 11.6 Å². The van der Waals surface area contributed by atoms with Crippen LogP contribution < -0.4 is 0 Å². The number of fused-ring (bicyclic) bond motifs is 1. The minimum atomic E-state index is -0.978. The number of hydrogen-bond acceptors (Lipinski definition) is 2. The number of halogens is 1. The van der Waals surface area contributed by atoms with Crippen LogP contribution >= 0.6 is 0 Å². The fourth-order valence-electron chi connectivity index (χ4n) is 2.22. The maximum Gasteiger partial charge on any atom is 0.309 e. The lowest BCUT2D eigenvalue weighted by molar-refractivity contribution is -0.136. The van der Waals surface area contributed by atoms with E-state index in [0.29, 0.717) is 11.4 Å². The Balaban J connectivity index is 2.30. The van der Waals surface area contributed by atoms with Gasteiger partial charge in [-0.3, -0.25) is 4.79 Å². The van der Waals surface area contributed by atoms with Gasteiger partial charge in [0.2, 0.25) is 0 Å². The SMILES string of the molecule is O=C(O)Cc1c(-c2ccccc2)nc2c(F)cccn12. The van der Waals surface area contributed by atoms with Crippen molar-refractivity contribution in [3.63, 3.8) is 0 Å². The third kappa shape index (κ3) is 2.03. The Morgan fingerprint density at radius 1 is 1.20 bits per heavy atom. The molecular formula is C15H11FN2O2. The van der Waals surface area contributed by atoms with E-state index in [0.717, 1.165) is 5.56 Å². The van der Waals surface area contributed by atoms with Crippen molar-refractivity contribution in [1.82, 2.24) is 9.38 Å². The maximum atomic E-state index is 13.8. The average Bonchev–Trinajstić information content (AvgIpc) is 2.80. The van der Waals surface area contributed by atoms with E-state index in [1.165, 1.54) is 16.5 Å². The summed E-state index contributed by atoms with van der Waals surface area (Å²) in [4.78, 5) is 15.3. The molecule has 4 nitrogen and oxygen atoms in total. The number of carboxylic acids is 1. The van der Waals surface area contributed by atoms with Crippen molar-refractivity contribution in [2.45, 2.75) is 6.42 Å². The Labute approximate surface area is 114 Å². The fraction of sp³-hybridized carbons (Fsp3) is 0.0667. The summed E-state index contributed by atoms with van der Waals surface area (Å²) >= 11 is 0. The van der Waals surface area contributed by atoms with Gasteiger partial charge in [0.25, 0.3) is 0 Å². The lowest BCUT2D eigenvalue weighted by Crippen LogP contribution is -2.04. The van der Waals surface area contributed by atoms with E-state index in [1.54, 1.807) is 6.20 Å². The van der Waals surface area contributed by atoms with E-state index in [-0.39, 0.29) is 12.1 Å². The van der Waals surface area contributed by atoms with E-state index in [4.69, 9.17) is 5.11 Å². The largest absolute Gasteiger partial charge is 0.481 e. The Morgan fingerprint density at radius 3 is 2.65 bits per heavy atom. The molecule has 3 aromatic rings. The standard InChI is InChI=1S/C15H11FN2O2/c16-11-7-4-8-18-12(9-13(19)20)14(17-15(11)18)10-5-2-1-3-6-10/h1-8H,9H2,(H,19,20). The smallest absolute Gasteiger partial charge is 0.309 e. The Hall–Kier alpha value is -2.69. The number of imidazole rings is 1. The van der Waals surface area contributed by atoms with Gasteiger partial charge in [-0.05, 0) is 12.1 Å². The van der Waals surface area contributed by atoms with Gasteiger partial charge in [0, 0.05) is 11.8 Å². The molecule has 0 bridgehead atoms. The van der Waals surface area contributed by atoms with Gasteiger partial charge >= 0.3 is 5.97 Å². The number of carbonyl (C=O) groups is 1. The summed E-state index contributed by atoms with van der Waals surface area (Å²) in [6.45, 7) is 0. The summed E-state index contributed by atoms with van der Waals surface area (Å²) in [5.74, 6) is -1.45. The highest BCUT2D eigenvalue weighted by atomic mass is 19.1. The Kier molecular flexibility index (Phi) is 2.95. The molecule has 20 heavy (non-hydrogen) atoms. The summed E-state index contributed by atoms with van der Waals surface area (Å²) < 4.78 is 15.3. The molecule has 2 heterocycles. The number of aromatic nitrogens is 2. The molecule has 0 aliphatic heterocycles. The zero-order valence-electron chi connectivity index (χ0n) is 10.5. The first-order chi connectivity index (χ1) is 9.66. The van der Waals surface area contributed by atoms with E-state index in [2.05, 4.69) is 4.98 Å². The zero-order chi connectivity index (χ0) is 14.1. The summed E-state index contributed by atoms with van der Waals surface area (Å²) in [7, 11) is 0. The third-order valence-corrected chi connectivity index (χ3v) is 3.07. The fourth-order valence-corrected chi connectivity index (χ4v) is 2.22. The maximum absolute atomic E-state index is 13.8. The molecule has 3 rings (SSSR count). The summed E-state index contributed by atoms with van der Waals surface area (Å²) in [6, 6.07) is 12.0. The van der Waals surface area contributed by atoms with Crippen molar-refractivity contribution in [3.05, 3.63) is 60.2 Å². The molecule has 0 fully saturated rings. The molecule has 100 valence electrons. The minimum absolute atomic E-state index is 0.141. The van der Waals surface area contributed by atoms with Crippen molar-refractivity contribution in [1.29, 1.82) is 0 Å². The van der Waals surface area contributed by atoms with Gasteiger partial charge in [0.15, 0.2) is 11.5 Å². The van der Waals surface area contributed by atoms with E-state index in [1.807, 2.05) is 30.3 Å². The molecular weight excluding hydrogens is 259 g/mol. The molecule has 0 spiro atoms. The van der Waals surface area contributed by atoms with Crippen LogP contribution in [0.4, 0.5) is 4.39 Å². The molecule has 1 aromatic carbocycles. The molecule has 0 saturated heterocycles.